The number of halogens is 1. The monoisotopic (exact) mass is 223 g/mol. The molecule has 0 unspecified atom stereocenters. The second-order valence-electron chi connectivity index (χ2n) is 3.25. The molecule has 1 amide bonds. The van der Waals surface area contributed by atoms with Crippen molar-refractivity contribution >= 4 is 17.5 Å². The lowest BCUT2D eigenvalue weighted by atomic mass is 10.1. The predicted molar refractivity (Wildman–Crippen MR) is 62.8 cm³/mol. The van der Waals surface area contributed by atoms with Crippen LogP contribution in [-0.2, 0) is 4.79 Å². The van der Waals surface area contributed by atoms with Crippen LogP contribution in [0.4, 0.5) is 0 Å². The van der Waals surface area contributed by atoms with E-state index in [-0.39, 0.29) is 11.9 Å². The Balaban J connectivity index is 2.73. The summed E-state index contributed by atoms with van der Waals surface area (Å²) in [6.07, 6.45) is 3.20. The molecule has 1 aromatic rings. The van der Waals surface area contributed by atoms with Crippen molar-refractivity contribution in [1.82, 2.24) is 5.32 Å². The largest absolute Gasteiger partial charge is 0.346 e. The van der Waals surface area contributed by atoms with Crippen LogP contribution in [0.2, 0.25) is 5.02 Å². The van der Waals surface area contributed by atoms with E-state index in [2.05, 4.69) is 5.32 Å². The summed E-state index contributed by atoms with van der Waals surface area (Å²) in [5.41, 5.74) is 0.928. The molecule has 1 N–H and O–H groups in total. The molecule has 0 saturated heterocycles. The van der Waals surface area contributed by atoms with E-state index >= 15 is 0 Å². The van der Waals surface area contributed by atoms with Gasteiger partial charge in [-0.3, -0.25) is 4.79 Å². The number of carbonyl (C=O) groups is 1. The Morgan fingerprint density at radius 3 is 2.73 bits per heavy atom. The number of allylic oxidation sites excluding steroid dienone is 1. The molecule has 1 rings (SSSR count). The van der Waals surface area contributed by atoms with Crippen molar-refractivity contribution in [3.63, 3.8) is 0 Å². The average molecular weight is 224 g/mol. The van der Waals surface area contributed by atoms with E-state index in [0.29, 0.717) is 5.02 Å². The van der Waals surface area contributed by atoms with Gasteiger partial charge in [-0.05, 0) is 31.6 Å². The van der Waals surface area contributed by atoms with Gasteiger partial charge < -0.3 is 5.32 Å². The minimum atomic E-state index is -0.107. The molecule has 1 aromatic carbocycles. The van der Waals surface area contributed by atoms with Gasteiger partial charge in [0.05, 0.1) is 6.04 Å². The third kappa shape index (κ3) is 3.40. The minimum absolute atomic E-state index is 0.0811. The lowest BCUT2D eigenvalue weighted by Crippen LogP contribution is -2.24. The van der Waals surface area contributed by atoms with E-state index in [1.54, 1.807) is 13.0 Å². The molecular formula is C12H14ClNO. The van der Waals surface area contributed by atoms with Crippen LogP contribution < -0.4 is 5.32 Å². The van der Waals surface area contributed by atoms with E-state index < -0.39 is 0 Å². The minimum Gasteiger partial charge on any atom is -0.346 e. The van der Waals surface area contributed by atoms with Gasteiger partial charge in [0, 0.05) is 5.02 Å². The average Bonchev–Trinajstić information content (AvgIpc) is 2.18. The topological polar surface area (TPSA) is 29.1 Å². The number of hydrogen-bond donors (Lipinski definition) is 1. The normalized spacial score (nSPS) is 12.7. The molecule has 0 radical (unpaired) electrons. The van der Waals surface area contributed by atoms with Gasteiger partial charge in [-0.25, -0.2) is 0 Å². The first-order valence-electron chi connectivity index (χ1n) is 4.82. The molecule has 0 aliphatic rings. The summed E-state index contributed by atoms with van der Waals surface area (Å²) in [5.74, 6) is -0.107. The number of hydrogen-bond acceptors (Lipinski definition) is 1. The molecular weight excluding hydrogens is 210 g/mol. The zero-order valence-corrected chi connectivity index (χ0v) is 9.58. The molecule has 0 heterocycles. The van der Waals surface area contributed by atoms with Crippen molar-refractivity contribution < 1.29 is 4.79 Å². The van der Waals surface area contributed by atoms with Crippen molar-refractivity contribution in [2.45, 2.75) is 19.9 Å². The van der Waals surface area contributed by atoms with Crippen molar-refractivity contribution in [3.05, 3.63) is 47.0 Å². The number of amides is 1. The lowest BCUT2D eigenvalue weighted by molar-refractivity contribution is -0.117. The number of benzene rings is 1. The zero-order valence-electron chi connectivity index (χ0n) is 8.83. The second kappa shape index (κ2) is 5.56. The zero-order chi connectivity index (χ0) is 11.3. The van der Waals surface area contributed by atoms with E-state index in [9.17, 15) is 4.79 Å². The Morgan fingerprint density at radius 1 is 1.47 bits per heavy atom. The Bertz CT molecular complexity index is 374. The fourth-order valence-corrected chi connectivity index (χ4v) is 1.62. The van der Waals surface area contributed by atoms with Gasteiger partial charge in [-0.2, -0.15) is 0 Å². The molecule has 0 aliphatic heterocycles. The van der Waals surface area contributed by atoms with Crippen LogP contribution in [-0.4, -0.2) is 5.91 Å². The van der Waals surface area contributed by atoms with Crippen LogP contribution >= 0.6 is 11.6 Å². The van der Waals surface area contributed by atoms with Crippen molar-refractivity contribution in [1.29, 1.82) is 0 Å². The third-order valence-electron chi connectivity index (χ3n) is 2.05. The summed E-state index contributed by atoms with van der Waals surface area (Å²) >= 11 is 6.01. The highest BCUT2D eigenvalue weighted by Gasteiger charge is 2.09. The highest BCUT2D eigenvalue weighted by molar-refractivity contribution is 6.31. The third-order valence-corrected chi connectivity index (χ3v) is 2.39. The van der Waals surface area contributed by atoms with Crippen LogP contribution in [0.5, 0.6) is 0 Å². The molecule has 0 aliphatic carbocycles. The predicted octanol–water partition coefficient (Wildman–Crippen LogP) is 3.09. The fourth-order valence-electron chi connectivity index (χ4n) is 1.32. The summed E-state index contributed by atoms with van der Waals surface area (Å²) in [6.45, 7) is 3.71. The standard InChI is InChI=1S/C12H14ClNO/c1-3-6-12(15)14-9(2)10-7-4-5-8-11(10)13/h3-9H,1-2H3,(H,14,15)/b6-3+/t9-/m1/s1. The van der Waals surface area contributed by atoms with Gasteiger partial charge in [0.15, 0.2) is 0 Å². The Hall–Kier alpha value is -1.28. The van der Waals surface area contributed by atoms with Gasteiger partial charge in [-0.15, -0.1) is 0 Å². The van der Waals surface area contributed by atoms with E-state index in [1.807, 2.05) is 31.2 Å². The van der Waals surface area contributed by atoms with Gasteiger partial charge in [0.1, 0.15) is 0 Å². The second-order valence-corrected chi connectivity index (χ2v) is 3.66. The summed E-state index contributed by atoms with van der Waals surface area (Å²) in [4.78, 5) is 11.3. The van der Waals surface area contributed by atoms with Gasteiger partial charge in [0.2, 0.25) is 5.91 Å². The maximum absolute atomic E-state index is 11.3. The van der Waals surface area contributed by atoms with Gasteiger partial charge in [0.25, 0.3) is 0 Å². The SMILES string of the molecule is C/C=C/C(=O)N[C@H](C)c1ccccc1Cl. The molecule has 15 heavy (non-hydrogen) atoms. The van der Waals surface area contributed by atoms with E-state index in [0.717, 1.165) is 5.56 Å². The van der Waals surface area contributed by atoms with Crippen LogP contribution in [0.25, 0.3) is 0 Å². The Morgan fingerprint density at radius 2 is 2.13 bits per heavy atom. The molecule has 0 saturated carbocycles. The molecule has 3 heteroatoms. The van der Waals surface area contributed by atoms with Gasteiger partial charge >= 0.3 is 0 Å². The molecule has 1 atom stereocenters. The summed E-state index contributed by atoms with van der Waals surface area (Å²) in [6, 6.07) is 7.41. The molecule has 2 nitrogen and oxygen atoms in total. The van der Waals surface area contributed by atoms with E-state index in [1.165, 1.54) is 6.08 Å². The maximum atomic E-state index is 11.3. The number of rotatable bonds is 3. The van der Waals surface area contributed by atoms with E-state index in [4.69, 9.17) is 11.6 Å². The smallest absolute Gasteiger partial charge is 0.244 e. The maximum Gasteiger partial charge on any atom is 0.244 e. The van der Waals surface area contributed by atoms with Crippen LogP contribution in [0.1, 0.15) is 25.5 Å². The fraction of sp³-hybridized carbons (Fsp3) is 0.250. The molecule has 80 valence electrons. The quantitative estimate of drug-likeness (QED) is 0.784. The van der Waals surface area contributed by atoms with Crippen molar-refractivity contribution in [2.75, 3.05) is 0 Å². The summed E-state index contributed by atoms with van der Waals surface area (Å²) < 4.78 is 0. The Kier molecular flexibility index (Phi) is 4.37. The molecule has 0 fully saturated rings. The molecule has 0 aromatic heterocycles. The first-order chi connectivity index (χ1) is 7.15. The number of nitrogens with one attached hydrogen (secondary N) is 1. The first kappa shape index (κ1) is 11.8. The highest BCUT2D eigenvalue weighted by Crippen LogP contribution is 2.21. The summed E-state index contributed by atoms with van der Waals surface area (Å²) in [7, 11) is 0. The van der Waals surface area contributed by atoms with Crippen LogP contribution in [0, 0.1) is 0 Å². The summed E-state index contributed by atoms with van der Waals surface area (Å²) in [5, 5.41) is 3.50. The van der Waals surface area contributed by atoms with Gasteiger partial charge in [-0.1, -0.05) is 35.9 Å². The van der Waals surface area contributed by atoms with Crippen molar-refractivity contribution in [3.8, 4) is 0 Å². The molecule has 0 spiro atoms. The Labute approximate surface area is 94.9 Å². The van der Waals surface area contributed by atoms with Crippen molar-refractivity contribution in [2.24, 2.45) is 0 Å². The highest BCUT2D eigenvalue weighted by atomic mass is 35.5. The van der Waals surface area contributed by atoms with Crippen LogP contribution in [0.15, 0.2) is 36.4 Å². The number of carbonyl (C=O) groups excluding carboxylic acids is 1. The molecule has 0 bridgehead atoms. The first-order valence-corrected chi connectivity index (χ1v) is 5.20. The lowest BCUT2D eigenvalue weighted by Gasteiger charge is -2.14. The van der Waals surface area contributed by atoms with Crippen LogP contribution in [0.3, 0.4) is 0 Å².